The molecule has 0 aliphatic rings. The first kappa shape index (κ1) is 11.4. The fourth-order valence-electron chi connectivity index (χ4n) is 2.06. The van der Waals surface area contributed by atoms with E-state index < -0.39 is 4.92 Å². The lowest BCUT2D eigenvalue weighted by Gasteiger charge is -1.99. The van der Waals surface area contributed by atoms with E-state index in [2.05, 4.69) is 4.98 Å². The Bertz CT molecular complexity index is 760. The molecule has 5 heteroatoms. The molecule has 19 heavy (non-hydrogen) atoms. The van der Waals surface area contributed by atoms with Gasteiger partial charge in [-0.2, -0.15) is 9.38 Å². The molecule has 94 valence electrons. The molecule has 3 aromatic rings. The summed E-state index contributed by atoms with van der Waals surface area (Å²) in [6, 6.07) is 12.9. The van der Waals surface area contributed by atoms with E-state index in [4.69, 9.17) is 0 Å². The number of hydrogen-bond donors (Lipinski definition) is 0. The number of hydrogen-bond acceptors (Lipinski definition) is 3. The lowest BCUT2D eigenvalue weighted by atomic mass is 10.1. The van der Waals surface area contributed by atoms with Crippen LogP contribution in [0.2, 0.25) is 0 Å². The number of nitro groups is 1. The third kappa shape index (κ3) is 1.85. The predicted octanol–water partition coefficient (Wildman–Crippen LogP) is 3.22. The van der Waals surface area contributed by atoms with Crippen LogP contribution in [0.4, 0.5) is 5.82 Å². The molecule has 0 aliphatic carbocycles. The van der Waals surface area contributed by atoms with Crippen molar-refractivity contribution in [2.75, 3.05) is 0 Å². The van der Waals surface area contributed by atoms with E-state index in [1.54, 1.807) is 18.3 Å². The Kier molecular flexibility index (Phi) is 2.52. The molecule has 0 spiro atoms. The second kappa shape index (κ2) is 4.20. The van der Waals surface area contributed by atoms with Gasteiger partial charge in [0.25, 0.3) is 0 Å². The van der Waals surface area contributed by atoms with E-state index in [1.165, 1.54) is 4.40 Å². The maximum absolute atomic E-state index is 11.3. The van der Waals surface area contributed by atoms with Gasteiger partial charge in [-0.3, -0.25) is 0 Å². The molecule has 3 rings (SSSR count). The molecule has 0 amide bonds. The molecule has 0 saturated carbocycles. The number of rotatable bonds is 2. The number of aryl methyl sites for hydroxylation is 1. The van der Waals surface area contributed by atoms with Gasteiger partial charge in [-0.25, -0.2) is 0 Å². The van der Waals surface area contributed by atoms with E-state index in [9.17, 15) is 10.1 Å². The summed E-state index contributed by atoms with van der Waals surface area (Å²) in [6.07, 6.45) is 1.65. The molecule has 0 N–H and O–H groups in total. The molecule has 0 unspecified atom stereocenters. The van der Waals surface area contributed by atoms with Gasteiger partial charge in [0.15, 0.2) is 5.69 Å². The Morgan fingerprint density at radius 2 is 1.89 bits per heavy atom. The highest BCUT2D eigenvalue weighted by Crippen LogP contribution is 2.30. The average molecular weight is 253 g/mol. The van der Waals surface area contributed by atoms with Crippen LogP contribution in [-0.2, 0) is 0 Å². The van der Waals surface area contributed by atoms with Crippen molar-refractivity contribution < 1.29 is 4.92 Å². The van der Waals surface area contributed by atoms with Gasteiger partial charge < -0.3 is 10.1 Å². The Balaban J connectivity index is 2.31. The Morgan fingerprint density at radius 3 is 2.58 bits per heavy atom. The first-order chi connectivity index (χ1) is 9.16. The van der Waals surface area contributed by atoms with Crippen LogP contribution in [-0.4, -0.2) is 14.3 Å². The summed E-state index contributed by atoms with van der Waals surface area (Å²) in [5.74, 6) is -0.000506. The second-order valence-electron chi connectivity index (χ2n) is 4.34. The average Bonchev–Trinajstić information content (AvgIpc) is 2.78. The second-order valence-corrected chi connectivity index (χ2v) is 4.34. The van der Waals surface area contributed by atoms with Crippen LogP contribution in [0.1, 0.15) is 5.56 Å². The van der Waals surface area contributed by atoms with Crippen LogP contribution < -0.4 is 0 Å². The SMILES string of the molecule is Cc1ccc(-c2nc3ccccn3c2[N+](=O)[O-])cc1. The van der Waals surface area contributed by atoms with Gasteiger partial charge in [0.2, 0.25) is 5.65 Å². The molecule has 0 fully saturated rings. The quantitative estimate of drug-likeness (QED) is 0.520. The summed E-state index contributed by atoms with van der Waals surface area (Å²) < 4.78 is 1.50. The minimum absolute atomic E-state index is 0.000506. The minimum Gasteiger partial charge on any atom is -0.358 e. The van der Waals surface area contributed by atoms with E-state index in [0.717, 1.165) is 11.1 Å². The van der Waals surface area contributed by atoms with E-state index >= 15 is 0 Å². The molecular weight excluding hydrogens is 242 g/mol. The Morgan fingerprint density at radius 1 is 1.16 bits per heavy atom. The molecule has 0 radical (unpaired) electrons. The highest BCUT2D eigenvalue weighted by molar-refractivity contribution is 5.72. The summed E-state index contributed by atoms with van der Waals surface area (Å²) in [6.45, 7) is 1.97. The zero-order chi connectivity index (χ0) is 13.4. The zero-order valence-electron chi connectivity index (χ0n) is 10.3. The van der Waals surface area contributed by atoms with Crippen LogP contribution in [0.25, 0.3) is 16.9 Å². The standard InChI is InChI=1S/C14H11N3O2/c1-10-5-7-11(8-6-10)13-14(17(18)19)16-9-3-2-4-12(16)15-13/h2-9H,1H3. The number of fused-ring (bicyclic) bond motifs is 1. The lowest BCUT2D eigenvalue weighted by molar-refractivity contribution is -0.389. The van der Waals surface area contributed by atoms with Gasteiger partial charge >= 0.3 is 5.82 Å². The smallest absolute Gasteiger partial charge is 0.355 e. The van der Waals surface area contributed by atoms with Gasteiger partial charge in [-0.05, 0) is 17.9 Å². The molecule has 0 aliphatic heterocycles. The first-order valence-corrected chi connectivity index (χ1v) is 5.85. The predicted molar refractivity (Wildman–Crippen MR) is 72.0 cm³/mol. The topological polar surface area (TPSA) is 60.4 Å². The van der Waals surface area contributed by atoms with E-state index in [0.29, 0.717) is 11.3 Å². The van der Waals surface area contributed by atoms with Crippen molar-refractivity contribution >= 4 is 11.5 Å². The molecule has 2 aromatic heterocycles. The maximum atomic E-state index is 11.3. The minimum atomic E-state index is -0.394. The summed E-state index contributed by atoms with van der Waals surface area (Å²) in [4.78, 5) is 15.2. The first-order valence-electron chi connectivity index (χ1n) is 5.85. The molecule has 0 bridgehead atoms. The van der Waals surface area contributed by atoms with Gasteiger partial charge in [0.05, 0.1) is 6.20 Å². The van der Waals surface area contributed by atoms with Crippen LogP contribution in [0, 0.1) is 17.0 Å². The summed E-state index contributed by atoms with van der Waals surface area (Å²) in [5, 5.41) is 11.3. The number of aromatic nitrogens is 2. The van der Waals surface area contributed by atoms with Crippen molar-refractivity contribution in [3.63, 3.8) is 0 Å². The van der Waals surface area contributed by atoms with Crippen LogP contribution >= 0.6 is 0 Å². The largest absolute Gasteiger partial charge is 0.358 e. The van der Waals surface area contributed by atoms with Gasteiger partial charge in [0.1, 0.15) is 0 Å². The molecule has 2 heterocycles. The highest BCUT2D eigenvalue weighted by Gasteiger charge is 2.23. The van der Waals surface area contributed by atoms with Crippen molar-refractivity contribution in [1.29, 1.82) is 0 Å². The molecule has 1 aromatic carbocycles. The number of imidazole rings is 1. The maximum Gasteiger partial charge on any atom is 0.355 e. The molecular formula is C14H11N3O2. The van der Waals surface area contributed by atoms with Gasteiger partial charge in [-0.15, -0.1) is 0 Å². The summed E-state index contributed by atoms with van der Waals surface area (Å²) in [5.41, 5.74) is 2.83. The monoisotopic (exact) mass is 253 g/mol. The van der Waals surface area contributed by atoms with Crippen molar-refractivity contribution in [2.45, 2.75) is 6.92 Å². The van der Waals surface area contributed by atoms with Gasteiger partial charge in [-0.1, -0.05) is 35.9 Å². The number of nitrogens with zero attached hydrogens (tertiary/aromatic N) is 3. The lowest BCUT2D eigenvalue weighted by Crippen LogP contribution is -1.95. The van der Waals surface area contributed by atoms with Gasteiger partial charge in [0, 0.05) is 11.6 Å². The van der Waals surface area contributed by atoms with E-state index in [-0.39, 0.29) is 5.82 Å². The number of benzene rings is 1. The fourth-order valence-corrected chi connectivity index (χ4v) is 2.06. The third-order valence-corrected chi connectivity index (χ3v) is 3.00. The third-order valence-electron chi connectivity index (χ3n) is 3.00. The molecule has 0 atom stereocenters. The molecule has 5 nitrogen and oxygen atoms in total. The summed E-state index contributed by atoms with van der Waals surface area (Å²) in [7, 11) is 0. The van der Waals surface area contributed by atoms with Crippen molar-refractivity contribution in [1.82, 2.24) is 9.38 Å². The van der Waals surface area contributed by atoms with Crippen molar-refractivity contribution in [3.05, 3.63) is 64.3 Å². The zero-order valence-corrected chi connectivity index (χ0v) is 10.3. The van der Waals surface area contributed by atoms with Crippen LogP contribution in [0.5, 0.6) is 0 Å². The number of pyridine rings is 1. The highest BCUT2D eigenvalue weighted by atomic mass is 16.6. The molecule has 0 saturated heterocycles. The Labute approximate surface area is 109 Å². The van der Waals surface area contributed by atoms with Crippen LogP contribution in [0.3, 0.4) is 0 Å². The fraction of sp³-hybridized carbons (Fsp3) is 0.0714. The normalized spacial score (nSPS) is 10.8. The van der Waals surface area contributed by atoms with E-state index in [1.807, 2.05) is 37.3 Å². The van der Waals surface area contributed by atoms with Crippen LogP contribution in [0.15, 0.2) is 48.7 Å². The van der Waals surface area contributed by atoms with Crippen molar-refractivity contribution in [2.24, 2.45) is 0 Å². The Hall–Kier alpha value is -2.69. The van der Waals surface area contributed by atoms with Crippen molar-refractivity contribution in [3.8, 4) is 11.3 Å². The summed E-state index contributed by atoms with van der Waals surface area (Å²) >= 11 is 0.